The minimum Gasteiger partial charge on any atom is -0.379 e. The Kier molecular flexibility index (Phi) is 3.76. The van der Waals surface area contributed by atoms with Gasteiger partial charge in [-0.2, -0.15) is 5.10 Å². The van der Waals surface area contributed by atoms with Gasteiger partial charge >= 0.3 is 0 Å². The van der Waals surface area contributed by atoms with Crippen LogP contribution in [0.5, 0.6) is 0 Å². The Morgan fingerprint density at radius 2 is 2.12 bits per heavy atom. The van der Waals surface area contributed by atoms with Gasteiger partial charge in [0, 0.05) is 43.0 Å². The molecule has 0 radical (unpaired) electrons. The lowest BCUT2D eigenvalue weighted by Gasteiger charge is -2.25. The minimum absolute atomic E-state index is 0.688. The smallest absolute Gasteiger partial charge is 0.178 e. The van der Waals surface area contributed by atoms with Gasteiger partial charge in [0.05, 0.1) is 18.7 Å². The highest BCUT2D eigenvalue weighted by molar-refractivity contribution is 5.89. The maximum absolute atomic E-state index is 5.55. The van der Waals surface area contributed by atoms with Crippen LogP contribution < -0.4 is 5.32 Å². The zero-order valence-electron chi connectivity index (χ0n) is 14.1. The summed E-state index contributed by atoms with van der Waals surface area (Å²) in [5.41, 5.74) is 4.29. The second-order valence-corrected chi connectivity index (χ2v) is 6.33. The molecule has 0 saturated carbocycles. The van der Waals surface area contributed by atoms with Crippen molar-refractivity contribution in [1.29, 1.82) is 0 Å². The number of fused-ring (bicyclic) bond motifs is 2. The first-order chi connectivity index (χ1) is 12.9. The van der Waals surface area contributed by atoms with Crippen LogP contribution in [-0.2, 0) is 11.3 Å². The van der Waals surface area contributed by atoms with Crippen molar-refractivity contribution in [1.82, 2.24) is 25.2 Å². The summed E-state index contributed by atoms with van der Waals surface area (Å²) in [6.07, 6.45) is 1.75. The van der Waals surface area contributed by atoms with Crippen molar-refractivity contribution in [2.45, 2.75) is 6.54 Å². The summed E-state index contributed by atoms with van der Waals surface area (Å²) in [6.45, 7) is 4.17. The van der Waals surface area contributed by atoms with E-state index in [0.29, 0.717) is 5.82 Å². The van der Waals surface area contributed by atoms with Gasteiger partial charge in [0.15, 0.2) is 11.4 Å². The summed E-state index contributed by atoms with van der Waals surface area (Å²) < 4.78 is 10.9. The van der Waals surface area contributed by atoms with Crippen molar-refractivity contribution in [3.05, 3.63) is 42.2 Å². The average Bonchev–Trinajstić information content (AvgIpc) is 3.27. The zero-order chi connectivity index (χ0) is 17.3. The van der Waals surface area contributed by atoms with Crippen LogP contribution in [0.1, 0.15) is 5.69 Å². The molecular formula is C18H18N6O2. The predicted molar refractivity (Wildman–Crippen MR) is 97.3 cm³/mol. The average molecular weight is 350 g/mol. The van der Waals surface area contributed by atoms with E-state index in [1.807, 2.05) is 30.3 Å². The molecule has 132 valence electrons. The molecule has 1 saturated heterocycles. The summed E-state index contributed by atoms with van der Waals surface area (Å²) >= 11 is 0. The van der Waals surface area contributed by atoms with Crippen molar-refractivity contribution >= 4 is 33.5 Å². The fraction of sp³-hybridized carbons (Fsp3) is 0.278. The number of hydrogen-bond acceptors (Lipinski definition) is 7. The number of morpholine rings is 1. The van der Waals surface area contributed by atoms with E-state index in [2.05, 4.69) is 30.6 Å². The number of nitrogens with zero attached hydrogens (tertiary/aromatic N) is 4. The second-order valence-electron chi connectivity index (χ2n) is 6.33. The number of H-pyrrole nitrogens is 1. The molecule has 4 heterocycles. The van der Waals surface area contributed by atoms with Crippen LogP contribution in [0.4, 0.5) is 11.5 Å². The molecule has 0 amide bonds. The van der Waals surface area contributed by atoms with Crippen LogP contribution in [0.25, 0.3) is 22.0 Å². The quantitative estimate of drug-likeness (QED) is 0.584. The largest absolute Gasteiger partial charge is 0.379 e. The molecule has 0 bridgehead atoms. The normalized spacial score (nSPS) is 15.7. The van der Waals surface area contributed by atoms with Crippen molar-refractivity contribution in [3.8, 4) is 0 Å². The van der Waals surface area contributed by atoms with Crippen molar-refractivity contribution in [3.63, 3.8) is 0 Å². The van der Waals surface area contributed by atoms with E-state index in [9.17, 15) is 0 Å². The van der Waals surface area contributed by atoms with Gasteiger partial charge in [-0.05, 0) is 24.3 Å². The second kappa shape index (κ2) is 6.40. The monoisotopic (exact) mass is 350 g/mol. The predicted octanol–water partition coefficient (Wildman–Crippen LogP) is 2.67. The molecule has 0 unspecified atom stereocenters. The molecule has 4 aromatic rings. The van der Waals surface area contributed by atoms with E-state index >= 15 is 0 Å². The lowest BCUT2D eigenvalue weighted by molar-refractivity contribution is 0.0334. The number of nitrogens with one attached hydrogen (secondary N) is 2. The lowest BCUT2D eigenvalue weighted by Crippen LogP contribution is -2.35. The summed E-state index contributed by atoms with van der Waals surface area (Å²) in [7, 11) is 0. The van der Waals surface area contributed by atoms with E-state index in [-0.39, 0.29) is 0 Å². The highest BCUT2D eigenvalue weighted by Gasteiger charge is 2.16. The van der Waals surface area contributed by atoms with Gasteiger partial charge in [0.1, 0.15) is 11.2 Å². The standard InChI is InChI=1S/C18H18N6O2/c1-2-14-17(19-5-1)18(22-21-14)20-12-3-4-13-15(23-26-16(13)10-12)11-24-6-8-25-9-7-24/h1-5,10H,6-9,11H2,(H2,20,21,22). The van der Waals surface area contributed by atoms with Gasteiger partial charge in [0.25, 0.3) is 0 Å². The third kappa shape index (κ3) is 2.79. The SMILES string of the molecule is c1cnc2c(Nc3ccc4c(CN5CCOCC5)noc4c3)n[nH]c2c1. The van der Waals surface area contributed by atoms with Gasteiger partial charge in [-0.15, -0.1) is 0 Å². The van der Waals surface area contributed by atoms with E-state index in [0.717, 1.165) is 66.2 Å². The van der Waals surface area contributed by atoms with Crippen molar-refractivity contribution in [2.24, 2.45) is 0 Å². The van der Waals surface area contributed by atoms with Crippen LogP contribution in [0.2, 0.25) is 0 Å². The molecule has 1 aliphatic rings. The molecule has 1 aromatic carbocycles. The Morgan fingerprint density at radius 1 is 1.19 bits per heavy atom. The van der Waals surface area contributed by atoms with E-state index in [4.69, 9.17) is 9.26 Å². The molecule has 0 spiro atoms. The minimum atomic E-state index is 0.688. The number of ether oxygens (including phenoxy) is 1. The van der Waals surface area contributed by atoms with E-state index in [1.54, 1.807) is 6.20 Å². The number of rotatable bonds is 4. The highest BCUT2D eigenvalue weighted by Crippen LogP contribution is 2.27. The first-order valence-electron chi connectivity index (χ1n) is 8.61. The molecule has 26 heavy (non-hydrogen) atoms. The third-order valence-corrected chi connectivity index (χ3v) is 4.61. The van der Waals surface area contributed by atoms with Crippen molar-refractivity contribution < 1.29 is 9.26 Å². The third-order valence-electron chi connectivity index (χ3n) is 4.61. The Labute approximate surface area is 149 Å². The van der Waals surface area contributed by atoms with Crippen LogP contribution in [0, 0.1) is 0 Å². The molecule has 1 aliphatic heterocycles. The van der Waals surface area contributed by atoms with E-state index < -0.39 is 0 Å². The van der Waals surface area contributed by atoms with Crippen molar-refractivity contribution in [2.75, 3.05) is 31.6 Å². The fourth-order valence-electron chi connectivity index (χ4n) is 3.23. The molecule has 1 fully saturated rings. The first-order valence-corrected chi connectivity index (χ1v) is 8.61. The number of aromatic amines is 1. The fourth-order valence-corrected chi connectivity index (χ4v) is 3.23. The molecule has 2 N–H and O–H groups in total. The van der Waals surface area contributed by atoms with Gasteiger partial charge in [-0.1, -0.05) is 5.16 Å². The maximum atomic E-state index is 5.55. The molecule has 5 rings (SSSR count). The molecule has 0 atom stereocenters. The number of anilines is 2. The Morgan fingerprint density at radius 3 is 3.04 bits per heavy atom. The van der Waals surface area contributed by atoms with Gasteiger partial charge in [-0.3, -0.25) is 15.0 Å². The van der Waals surface area contributed by atoms with Crippen LogP contribution in [-0.4, -0.2) is 51.5 Å². The molecule has 0 aliphatic carbocycles. The molecule has 3 aromatic heterocycles. The van der Waals surface area contributed by atoms with Crippen LogP contribution in [0.15, 0.2) is 41.1 Å². The molecule has 8 heteroatoms. The Bertz CT molecular complexity index is 1050. The Hall–Kier alpha value is -2.97. The first kappa shape index (κ1) is 15.3. The van der Waals surface area contributed by atoms with Crippen LogP contribution >= 0.6 is 0 Å². The van der Waals surface area contributed by atoms with E-state index in [1.165, 1.54) is 0 Å². The summed E-state index contributed by atoms with van der Waals surface area (Å²) in [4.78, 5) is 6.69. The number of aromatic nitrogens is 4. The summed E-state index contributed by atoms with van der Waals surface area (Å²) in [5.74, 6) is 0.688. The topological polar surface area (TPSA) is 92.1 Å². The summed E-state index contributed by atoms with van der Waals surface area (Å²) in [5, 5.41) is 15.8. The lowest BCUT2D eigenvalue weighted by atomic mass is 10.2. The number of benzene rings is 1. The number of pyridine rings is 1. The zero-order valence-corrected chi connectivity index (χ0v) is 14.1. The molecular weight excluding hydrogens is 332 g/mol. The maximum Gasteiger partial charge on any atom is 0.178 e. The summed E-state index contributed by atoms with van der Waals surface area (Å²) in [6, 6.07) is 9.80. The van der Waals surface area contributed by atoms with Gasteiger partial charge in [-0.25, -0.2) is 0 Å². The molecule has 8 nitrogen and oxygen atoms in total. The number of hydrogen-bond donors (Lipinski definition) is 2. The van der Waals surface area contributed by atoms with Gasteiger partial charge in [0.2, 0.25) is 0 Å². The van der Waals surface area contributed by atoms with Gasteiger partial charge < -0.3 is 14.6 Å². The van der Waals surface area contributed by atoms with Crippen LogP contribution in [0.3, 0.4) is 0 Å². The highest BCUT2D eigenvalue weighted by atomic mass is 16.5. The Balaban J connectivity index is 1.40.